The maximum Gasteiger partial charge on any atom is 0.338 e. The molecule has 0 saturated carbocycles. The van der Waals surface area contributed by atoms with Crippen molar-refractivity contribution in [2.24, 2.45) is 0 Å². The Hall–Kier alpha value is -2.82. The third-order valence-electron chi connectivity index (χ3n) is 3.85. The molecule has 5 heteroatoms. The number of nitrogens with zero attached hydrogens (tertiary/aromatic N) is 2. The van der Waals surface area contributed by atoms with Crippen molar-refractivity contribution in [3.8, 4) is 0 Å². The number of fused-ring (bicyclic) bond motifs is 1. The fourth-order valence-corrected chi connectivity index (χ4v) is 2.73. The van der Waals surface area contributed by atoms with Crippen LogP contribution >= 0.6 is 0 Å². The van der Waals surface area contributed by atoms with Crippen LogP contribution in [0.4, 0.5) is 0 Å². The number of para-hydroxylation sites is 2. The van der Waals surface area contributed by atoms with E-state index in [0.29, 0.717) is 17.7 Å². The zero-order valence-electron chi connectivity index (χ0n) is 13.0. The molecule has 0 aliphatic carbocycles. The van der Waals surface area contributed by atoms with Gasteiger partial charge in [0.15, 0.2) is 0 Å². The van der Waals surface area contributed by atoms with Crippen molar-refractivity contribution in [2.75, 3.05) is 6.61 Å². The van der Waals surface area contributed by atoms with E-state index in [1.165, 1.54) is 0 Å². The van der Waals surface area contributed by atoms with Gasteiger partial charge in [0.2, 0.25) is 5.62 Å². The van der Waals surface area contributed by atoms with E-state index < -0.39 is 0 Å². The van der Waals surface area contributed by atoms with Crippen molar-refractivity contribution < 1.29 is 9.53 Å². The maximum absolute atomic E-state index is 12.0. The summed E-state index contributed by atoms with van der Waals surface area (Å²) < 4.78 is 9.14. The predicted molar refractivity (Wildman–Crippen MR) is 88.2 cm³/mol. The van der Waals surface area contributed by atoms with Gasteiger partial charge in [-0.05, 0) is 31.2 Å². The van der Waals surface area contributed by atoms with E-state index in [-0.39, 0.29) is 12.6 Å². The average molecular weight is 309 g/mol. The van der Waals surface area contributed by atoms with Crippen molar-refractivity contribution in [1.29, 1.82) is 5.41 Å². The van der Waals surface area contributed by atoms with Crippen LogP contribution in [0.5, 0.6) is 0 Å². The smallest absolute Gasteiger partial charge is 0.338 e. The molecule has 0 atom stereocenters. The van der Waals surface area contributed by atoms with Crippen molar-refractivity contribution >= 4 is 17.0 Å². The summed E-state index contributed by atoms with van der Waals surface area (Å²) >= 11 is 0. The highest BCUT2D eigenvalue weighted by atomic mass is 16.5. The number of carbonyl (C=O) groups excluding carboxylic acids is 1. The van der Waals surface area contributed by atoms with Gasteiger partial charge in [0.05, 0.1) is 23.1 Å². The zero-order chi connectivity index (χ0) is 16.2. The molecule has 2 aromatic carbocycles. The van der Waals surface area contributed by atoms with Gasteiger partial charge in [0.1, 0.15) is 6.61 Å². The van der Waals surface area contributed by atoms with Gasteiger partial charge in [0.25, 0.3) is 0 Å². The Kier molecular flexibility index (Phi) is 4.28. The highest BCUT2D eigenvalue weighted by Gasteiger charge is 2.10. The third-order valence-corrected chi connectivity index (χ3v) is 3.85. The molecule has 1 N–H and O–H groups in total. The number of ether oxygens (including phenoxy) is 1. The van der Waals surface area contributed by atoms with E-state index >= 15 is 0 Å². The molecule has 3 rings (SSSR count). The summed E-state index contributed by atoms with van der Waals surface area (Å²) in [6.45, 7) is 3.45. The maximum atomic E-state index is 12.0. The quantitative estimate of drug-likeness (QED) is 0.737. The Balaban J connectivity index is 1.77. The molecule has 0 unspecified atom stereocenters. The molecular weight excluding hydrogens is 290 g/mol. The minimum atomic E-state index is -0.336. The van der Waals surface area contributed by atoms with Crippen molar-refractivity contribution in [3.63, 3.8) is 0 Å². The summed E-state index contributed by atoms with van der Waals surface area (Å²) in [5, 5.41) is 8.31. The van der Waals surface area contributed by atoms with E-state index in [9.17, 15) is 4.79 Å². The monoisotopic (exact) mass is 309 g/mol. The molecule has 1 aromatic heterocycles. The minimum Gasteiger partial charge on any atom is -0.460 e. The van der Waals surface area contributed by atoms with Gasteiger partial charge < -0.3 is 13.9 Å². The van der Waals surface area contributed by atoms with E-state index in [2.05, 4.69) is 0 Å². The molecule has 1 heterocycles. The van der Waals surface area contributed by atoms with E-state index in [1.54, 1.807) is 12.1 Å². The number of aromatic nitrogens is 2. The second-order valence-electron chi connectivity index (χ2n) is 5.21. The van der Waals surface area contributed by atoms with Crippen LogP contribution in [-0.4, -0.2) is 21.7 Å². The summed E-state index contributed by atoms with van der Waals surface area (Å²) in [4.78, 5) is 12.0. The Morgan fingerprint density at radius 3 is 2.26 bits per heavy atom. The number of benzene rings is 2. The SMILES string of the molecule is CCn1c(=N)n(CCOC(=O)c2ccccc2)c2ccccc21. The van der Waals surface area contributed by atoms with Gasteiger partial charge in [-0.15, -0.1) is 0 Å². The lowest BCUT2D eigenvalue weighted by molar-refractivity contribution is 0.0491. The van der Waals surface area contributed by atoms with Gasteiger partial charge >= 0.3 is 5.97 Å². The number of nitrogens with one attached hydrogen (secondary N) is 1. The molecule has 0 bridgehead atoms. The van der Waals surface area contributed by atoms with Crippen LogP contribution < -0.4 is 5.62 Å². The molecule has 0 aliphatic heterocycles. The predicted octanol–water partition coefficient (Wildman–Crippen LogP) is 2.80. The standard InChI is InChI=1S/C18H19N3O2/c1-2-20-15-10-6-7-11-16(15)21(18(20)19)12-13-23-17(22)14-8-4-3-5-9-14/h3-11,19H,2,12-13H2,1H3. The van der Waals surface area contributed by atoms with Crippen molar-refractivity contribution in [2.45, 2.75) is 20.0 Å². The first-order valence-corrected chi connectivity index (χ1v) is 7.67. The molecule has 118 valence electrons. The minimum absolute atomic E-state index is 0.238. The van der Waals surface area contributed by atoms with Gasteiger partial charge in [0, 0.05) is 6.54 Å². The third kappa shape index (κ3) is 2.90. The number of rotatable bonds is 5. The number of aryl methyl sites for hydroxylation is 1. The van der Waals surface area contributed by atoms with E-state index in [0.717, 1.165) is 17.6 Å². The Morgan fingerprint density at radius 1 is 1.00 bits per heavy atom. The van der Waals surface area contributed by atoms with Gasteiger partial charge in [-0.3, -0.25) is 5.41 Å². The van der Waals surface area contributed by atoms with Gasteiger partial charge in [-0.2, -0.15) is 0 Å². The normalized spacial score (nSPS) is 10.8. The topological polar surface area (TPSA) is 60.0 Å². The molecule has 0 amide bonds. The largest absolute Gasteiger partial charge is 0.460 e. The van der Waals surface area contributed by atoms with Crippen LogP contribution in [0.3, 0.4) is 0 Å². The Labute approximate surface area is 134 Å². The second kappa shape index (κ2) is 6.52. The first kappa shape index (κ1) is 15.1. The van der Waals surface area contributed by atoms with Crippen molar-refractivity contribution in [1.82, 2.24) is 9.13 Å². The highest BCUT2D eigenvalue weighted by molar-refractivity contribution is 5.89. The van der Waals surface area contributed by atoms with Crippen molar-refractivity contribution in [3.05, 3.63) is 65.8 Å². The van der Waals surface area contributed by atoms with Gasteiger partial charge in [-0.25, -0.2) is 4.79 Å². The number of hydrogen-bond acceptors (Lipinski definition) is 3. The molecular formula is C18H19N3O2. The number of esters is 1. The molecule has 0 aliphatic rings. The van der Waals surface area contributed by atoms with Crippen LogP contribution in [0.25, 0.3) is 11.0 Å². The fourth-order valence-electron chi connectivity index (χ4n) is 2.73. The molecule has 0 saturated heterocycles. The second-order valence-corrected chi connectivity index (χ2v) is 5.21. The molecule has 0 radical (unpaired) electrons. The highest BCUT2D eigenvalue weighted by Crippen LogP contribution is 2.12. The van der Waals surface area contributed by atoms with Crippen LogP contribution in [-0.2, 0) is 17.8 Å². The summed E-state index contributed by atoms with van der Waals surface area (Å²) in [5.74, 6) is -0.336. The summed E-state index contributed by atoms with van der Waals surface area (Å²) in [6.07, 6.45) is 0. The summed E-state index contributed by atoms with van der Waals surface area (Å²) in [7, 11) is 0. The number of hydrogen-bond donors (Lipinski definition) is 1. The number of imidazole rings is 1. The van der Waals surface area contributed by atoms with Gasteiger partial charge in [-0.1, -0.05) is 30.3 Å². The van der Waals surface area contributed by atoms with E-state index in [1.807, 2.05) is 58.5 Å². The molecule has 0 spiro atoms. The summed E-state index contributed by atoms with van der Waals surface area (Å²) in [5.41, 5.74) is 2.97. The molecule has 23 heavy (non-hydrogen) atoms. The first-order valence-electron chi connectivity index (χ1n) is 7.67. The molecule has 5 nitrogen and oxygen atoms in total. The average Bonchev–Trinajstić information content (AvgIpc) is 2.87. The van der Waals surface area contributed by atoms with Crippen LogP contribution in [0.1, 0.15) is 17.3 Å². The number of carbonyl (C=O) groups is 1. The van der Waals surface area contributed by atoms with Crippen LogP contribution in [0.2, 0.25) is 0 Å². The zero-order valence-corrected chi connectivity index (χ0v) is 13.0. The fraction of sp³-hybridized carbons (Fsp3) is 0.222. The lowest BCUT2D eigenvalue weighted by Gasteiger charge is -2.06. The first-order chi connectivity index (χ1) is 11.2. The van der Waals surface area contributed by atoms with Crippen LogP contribution in [0, 0.1) is 5.41 Å². The lowest BCUT2D eigenvalue weighted by atomic mass is 10.2. The van der Waals surface area contributed by atoms with E-state index in [4.69, 9.17) is 10.1 Å². The molecule has 3 aromatic rings. The summed E-state index contributed by atoms with van der Waals surface area (Å²) in [6, 6.07) is 16.8. The Morgan fingerprint density at radius 2 is 1.61 bits per heavy atom. The Bertz CT molecular complexity index is 878. The molecule has 0 fully saturated rings. The van der Waals surface area contributed by atoms with Crippen LogP contribution in [0.15, 0.2) is 54.6 Å². The lowest BCUT2D eigenvalue weighted by Crippen LogP contribution is -2.26.